The Kier molecular flexibility index (Phi) is 3.15. The van der Waals surface area contributed by atoms with Crippen LogP contribution in [0.25, 0.3) is 0 Å². The summed E-state index contributed by atoms with van der Waals surface area (Å²) in [5.41, 5.74) is 5.62. The van der Waals surface area contributed by atoms with Crippen LogP contribution in [0.1, 0.15) is 36.6 Å². The Labute approximate surface area is 127 Å². The monoisotopic (exact) mass is 294 g/mol. The molecule has 5 heteroatoms. The predicted molar refractivity (Wildman–Crippen MR) is 80.7 cm³/mol. The quantitative estimate of drug-likeness (QED) is 0.648. The average Bonchev–Trinajstić information content (AvgIpc) is 2.70. The number of hydrogen-bond acceptors (Lipinski definition) is 4. The van der Waals surface area contributed by atoms with Gasteiger partial charge in [-0.05, 0) is 19.1 Å². The molecule has 0 aromatic heterocycles. The third kappa shape index (κ3) is 2.03. The van der Waals surface area contributed by atoms with Crippen molar-refractivity contribution < 1.29 is 14.4 Å². The fourth-order valence-electron chi connectivity index (χ4n) is 2.56. The summed E-state index contributed by atoms with van der Waals surface area (Å²) in [5, 5.41) is 2.38. The molecule has 1 amide bonds. The molecule has 0 bridgehead atoms. The Morgan fingerprint density at radius 2 is 1.59 bits per heavy atom. The van der Waals surface area contributed by atoms with Crippen molar-refractivity contribution in [2.24, 2.45) is 5.73 Å². The molecule has 0 spiro atoms. The van der Waals surface area contributed by atoms with Gasteiger partial charge >= 0.3 is 0 Å². The number of carbonyl (C=O) groups is 3. The zero-order valence-corrected chi connectivity index (χ0v) is 11.9. The molecule has 2 aromatic carbocycles. The second kappa shape index (κ2) is 4.89. The first-order chi connectivity index (χ1) is 10.4. The van der Waals surface area contributed by atoms with E-state index in [2.05, 4.69) is 5.32 Å². The highest BCUT2D eigenvalue weighted by Gasteiger charge is 2.51. The van der Waals surface area contributed by atoms with Gasteiger partial charge in [0.05, 0.1) is 0 Å². The molecule has 22 heavy (non-hydrogen) atoms. The summed E-state index contributed by atoms with van der Waals surface area (Å²) in [6, 6.07) is 13.2. The van der Waals surface area contributed by atoms with Gasteiger partial charge in [-0.15, -0.1) is 0 Å². The maximum atomic E-state index is 12.4. The summed E-state index contributed by atoms with van der Waals surface area (Å²) in [6.45, 7) is 1.84. The zero-order valence-electron chi connectivity index (χ0n) is 11.9. The highest BCUT2D eigenvalue weighted by molar-refractivity contribution is 6.33. The van der Waals surface area contributed by atoms with Crippen LogP contribution in [0.4, 0.5) is 0 Å². The summed E-state index contributed by atoms with van der Waals surface area (Å²) in [4.78, 5) is 37.1. The standard InChI is InChI=1S/C17H14N2O3/c1-10-5-4-6-11(9-10)16(22)19-17(18)14(20)12-7-2-3-8-13(12)15(17)21/h2-9H,18H2,1H3,(H,19,22). The molecule has 0 fully saturated rings. The molecule has 3 N–H and O–H groups in total. The molecule has 0 radical (unpaired) electrons. The maximum absolute atomic E-state index is 12.4. The Morgan fingerprint density at radius 1 is 1.00 bits per heavy atom. The van der Waals surface area contributed by atoms with Crippen molar-refractivity contribution in [1.82, 2.24) is 5.32 Å². The van der Waals surface area contributed by atoms with Gasteiger partial charge < -0.3 is 5.32 Å². The number of hydrogen-bond donors (Lipinski definition) is 2. The van der Waals surface area contributed by atoms with E-state index in [1.54, 1.807) is 30.3 Å². The van der Waals surface area contributed by atoms with Gasteiger partial charge in [0.1, 0.15) is 0 Å². The van der Waals surface area contributed by atoms with Crippen LogP contribution in [-0.4, -0.2) is 23.1 Å². The largest absolute Gasteiger partial charge is 0.321 e. The van der Waals surface area contributed by atoms with E-state index >= 15 is 0 Å². The Balaban J connectivity index is 1.94. The summed E-state index contributed by atoms with van der Waals surface area (Å²) < 4.78 is 0. The molecule has 5 nitrogen and oxygen atoms in total. The van der Waals surface area contributed by atoms with Crippen LogP contribution in [0.15, 0.2) is 48.5 Å². The van der Waals surface area contributed by atoms with Crippen molar-refractivity contribution in [2.45, 2.75) is 12.6 Å². The lowest BCUT2D eigenvalue weighted by atomic mass is 10.0. The van der Waals surface area contributed by atoms with Crippen LogP contribution in [-0.2, 0) is 0 Å². The van der Waals surface area contributed by atoms with E-state index in [4.69, 9.17) is 5.73 Å². The molecule has 0 atom stereocenters. The minimum absolute atomic E-state index is 0.236. The van der Waals surface area contributed by atoms with E-state index in [0.717, 1.165) is 5.56 Å². The number of nitrogens with two attached hydrogens (primary N) is 1. The first-order valence-electron chi connectivity index (χ1n) is 6.80. The van der Waals surface area contributed by atoms with Crippen LogP contribution in [0.3, 0.4) is 0 Å². The van der Waals surface area contributed by atoms with Crippen LogP contribution >= 0.6 is 0 Å². The van der Waals surface area contributed by atoms with Crippen molar-refractivity contribution >= 4 is 17.5 Å². The fraction of sp³-hybridized carbons (Fsp3) is 0.118. The molecule has 3 rings (SSSR count). The van der Waals surface area contributed by atoms with Gasteiger partial charge in [-0.25, -0.2) is 0 Å². The van der Waals surface area contributed by atoms with Crippen LogP contribution in [0.2, 0.25) is 0 Å². The number of carbonyl (C=O) groups excluding carboxylic acids is 3. The first kappa shape index (κ1) is 14.2. The number of amides is 1. The number of Topliss-reactive ketones (excluding diaryl/α,β-unsaturated/α-hetero) is 2. The minimum atomic E-state index is -2.04. The third-order valence-electron chi connectivity index (χ3n) is 3.72. The number of aryl methyl sites for hydroxylation is 1. The summed E-state index contributed by atoms with van der Waals surface area (Å²) >= 11 is 0. The van der Waals surface area contributed by atoms with Crippen molar-refractivity contribution in [1.29, 1.82) is 0 Å². The first-order valence-corrected chi connectivity index (χ1v) is 6.80. The molecule has 1 aliphatic rings. The Morgan fingerprint density at radius 3 is 2.14 bits per heavy atom. The van der Waals surface area contributed by atoms with E-state index in [0.29, 0.717) is 5.56 Å². The van der Waals surface area contributed by atoms with E-state index in [1.807, 2.05) is 13.0 Å². The second-order valence-corrected chi connectivity index (χ2v) is 5.34. The number of nitrogens with one attached hydrogen (secondary N) is 1. The van der Waals surface area contributed by atoms with Crippen molar-refractivity contribution in [3.8, 4) is 0 Å². The molecule has 1 aliphatic carbocycles. The SMILES string of the molecule is Cc1cccc(C(=O)NC2(N)C(=O)c3ccccc3C2=O)c1. The summed E-state index contributed by atoms with van der Waals surface area (Å²) in [6.07, 6.45) is 0. The van der Waals surface area contributed by atoms with Gasteiger partial charge in [0.2, 0.25) is 17.2 Å². The second-order valence-electron chi connectivity index (χ2n) is 5.34. The van der Waals surface area contributed by atoms with Crippen molar-refractivity contribution in [2.75, 3.05) is 0 Å². The van der Waals surface area contributed by atoms with Crippen molar-refractivity contribution in [3.63, 3.8) is 0 Å². The number of rotatable bonds is 2. The predicted octanol–water partition coefficient (Wildman–Crippen LogP) is 1.46. The smallest absolute Gasteiger partial charge is 0.253 e. The van der Waals surface area contributed by atoms with Gasteiger partial charge in [0.25, 0.3) is 5.91 Å². The highest BCUT2D eigenvalue weighted by Crippen LogP contribution is 2.27. The molecule has 0 aliphatic heterocycles. The minimum Gasteiger partial charge on any atom is -0.321 e. The van der Waals surface area contributed by atoms with Crippen LogP contribution < -0.4 is 11.1 Å². The van der Waals surface area contributed by atoms with Gasteiger partial charge in [-0.2, -0.15) is 0 Å². The van der Waals surface area contributed by atoms with Crippen LogP contribution in [0, 0.1) is 6.92 Å². The van der Waals surface area contributed by atoms with E-state index in [1.165, 1.54) is 12.1 Å². The molecule has 0 saturated heterocycles. The normalized spacial score (nSPS) is 15.5. The number of fused-ring (bicyclic) bond motifs is 1. The number of ketones is 2. The lowest BCUT2D eigenvalue weighted by Gasteiger charge is -2.22. The lowest BCUT2D eigenvalue weighted by Crippen LogP contribution is -2.63. The topological polar surface area (TPSA) is 89.3 Å². The number of benzene rings is 2. The van der Waals surface area contributed by atoms with Crippen LogP contribution in [0.5, 0.6) is 0 Å². The zero-order chi connectivity index (χ0) is 15.9. The van der Waals surface area contributed by atoms with E-state index in [9.17, 15) is 14.4 Å². The van der Waals surface area contributed by atoms with Crippen molar-refractivity contribution in [3.05, 3.63) is 70.8 Å². The summed E-state index contributed by atoms with van der Waals surface area (Å²) in [5.74, 6) is -1.73. The molecule has 2 aromatic rings. The fourth-order valence-corrected chi connectivity index (χ4v) is 2.56. The van der Waals surface area contributed by atoms with Gasteiger partial charge in [0.15, 0.2) is 0 Å². The molecular weight excluding hydrogens is 280 g/mol. The Hall–Kier alpha value is -2.79. The molecule has 110 valence electrons. The highest BCUT2D eigenvalue weighted by atomic mass is 16.2. The molecule has 0 unspecified atom stereocenters. The summed E-state index contributed by atoms with van der Waals surface area (Å²) in [7, 11) is 0. The van der Waals surface area contributed by atoms with E-state index < -0.39 is 23.1 Å². The molecular formula is C17H14N2O3. The van der Waals surface area contributed by atoms with Gasteiger partial charge in [-0.3, -0.25) is 20.1 Å². The molecule has 0 saturated carbocycles. The van der Waals surface area contributed by atoms with Gasteiger partial charge in [0, 0.05) is 16.7 Å². The van der Waals surface area contributed by atoms with E-state index in [-0.39, 0.29) is 11.1 Å². The molecule has 0 heterocycles. The third-order valence-corrected chi connectivity index (χ3v) is 3.72. The Bertz CT molecular complexity index is 776. The maximum Gasteiger partial charge on any atom is 0.253 e. The van der Waals surface area contributed by atoms with Gasteiger partial charge in [-0.1, -0.05) is 42.0 Å². The lowest BCUT2D eigenvalue weighted by molar-refractivity contribution is 0.0704. The average molecular weight is 294 g/mol.